The summed E-state index contributed by atoms with van der Waals surface area (Å²) in [5.41, 5.74) is 9.20. The highest BCUT2D eigenvalue weighted by atomic mass is 79.9. The van der Waals surface area contributed by atoms with Crippen LogP contribution in [0.1, 0.15) is 22.3 Å². The molecular weight excluding hydrogens is 436 g/mol. The molecular formula is C18H12Br2N2O2. The van der Waals surface area contributed by atoms with E-state index in [0.29, 0.717) is 0 Å². The van der Waals surface area contributed by atoms with Crippen LogP contribution in [0.25, 0.3) is 0 Å². The SMILES string of the molecule is O=C1NNC(=O)C2C1C1(Br)c3ccccc3C2(Br)c2ccccc21. The molecule has 24 heavy (non-hydrogen) atoms. The van der Waals surface area contributed by atoms with Gasteiger partial charge in [0.25, 0.3) is 0 Å². The predicted octanol–water partition coefficient (Wildman–Crippen LogP) is 2.68. The number of hydrogen-bond acceptors (Lipinski definition) is 2. The smallest absolute Gasteiger partial charge is 0.244 e. The number of benzene rings is 2. The van der Waals surface area contributed by atoms with Crippen molar-refractivity contribution in [3.8, 4) is 0 Å². The third kappa shape index (κ3) is 1.41. The summed E-state index contributed by atoms with van der Waals surface area (Å²) in [5, 5.41) is 0. The summed E-state index contributed by atoms with van der Waals surface area (Å²) in [6.07, 6.45) is 0. The maximum atomic E-state index is 12.8. The van der Waals surface area contributed by atoms with Crippen LogP contribution >= 0.6 is 31.9 Å². The largest absolute Gasteiger partial charge is 0.273 e. The highest BCUT2D eigenvalue weighted by Gasteiger charge is 2.69. The van der Waals surface area contributed by atoms with E-state index in [0.717, 1.165) is 22.3 Å². The van der Waals surface area contributed by atoms with Gasteiger partial charge in [-0.15, -0.1) is 0 Å². The molecule has 0 radical (unpaired) electrons. The van der Waals surface area contributed by atoms with Crippen LogP contribution in [-0.2, 0) is 18.2 Å². The van der Waals surface area contributed by atoms with Crippen LogP contribution in [-0.4, -0.2) is 11.8 Å². The highest BCUT2D eigenvalue weighted by Crippen LogP contribution is 2.69. The molecule has 2 aromatic carbocycles. The van der Waals surface area contributed by atoms with Gasteiger partial charge in [0.1, 0.15) is 0 Å². The van der Waals surface area contributed by atoms with Gasteiger partial charge in [0.2, 0.25) is 11.8 Å². The fourth-order valence-corrected chi connectivity index (χ4v) is 6.93. The molecule has 1 fully saturated rings. The lowest BCUT2D eigenvalue weighted by Crippen LogP contribution is -2.69. The lowest BCUT2D eigenvalue weighted by Gasteiger charge is -2.59. The molecule has 2 N–H and O–H groups in total. The van der Waals surface area contributed by atoms with Crippen molar-refractivity contribution >= 4 is 43.7 Å². The molecule has 6 heteroatoms. The average molecular weight is 448 g/mol. The van der Waals surface area contributed by atoms with Crippen LogP contribution in [0.15, 0.2) is 48.5 Å². The van der Waals surface area contributed by atoms with Crippen LogP contribution in [0, 0.1) is 11.8 Å². The first kappa shape index (κ1) is 14.7. The minimum atomic E-state index is -0.720. The number of hydrazine groups is 1. The Hall–Kier alpha value is -1.66. The Labute approximate surface area is 155 Å². The first-order valence-corrected chi connectivity index (χ1v) is 9.26. The summed E-state index contributed by atoms with van der Waals surface area (Å²) in [5.74, 6) is -1.42. The topological polar surface area (TPSA) is 58.2 Å². The Bertz CT molecular complexity index is 805. The van der Waals surface area contributed by atoms with E-state index in [1.165, 1.54) is 0 Å². The van der Waals surface area contributed by atoms with Gasteiger partial charge in [0.05, 0.1) is 20.5 Å². The van der Waals surface area contributed by atoms with E-state index in [-0.39, 0.29) is 11.8 Å². The molecule has 2 bridgehead atoms. The van der Waals surface area contributed by atoms with Gasteiger partial charge < -0.3 is 0 Å². The quantitative estimate of drug-likeness (QED) is 0.610. The fourth-order valence-electron chi connectivity index (χ4n) is 4.60. The molecule has 1 aliphatic heterocycles. The van der Waals surface area contributed by atoms with E-state index >= 15 is 0 Å². The number of carbonyl (C=O) groups excluding carboxylic acids is 2. The number of halogens is 2. The summed E-state index contributed by atoms with van der Waals surface area (Å²) in [4.78, 5) is 25.5. The summed E-state index contributed by atoms with van der Waals surface area (Å²) in [6, 6.07) is 16.0. The Morgan fingerprint density at radius 2 is 0.958 bits per heavy atom. The van der Waals surface area contributed by atoms with E-state index < -0.39 is 20.5 Å². The van der Waals surface area contributed by atoms with Gasteiger partial charge in [0, 0.05) is 0 Å². The van der Waals surface area contributed by atoms with E-state index in [4.69, 9.17) is 0 Å². The monoisotopic (exact) mass is 446 g/mol. The fraction of sp³-hybridized carbons (Fsp3) is 0.222. The second-order valence-corrected chi connectivity index (χ2v) is 8.95. The first-order valence-electron chi connectivity index (χ1n) is 7.68. The van der Waals surface area contributed by atoms with Gasteiger partial charge in [-0.2, -0.15) is 0 Å². The van der Waals surface area contributed by atoms with Crippen molar-refractivity contribution < 1.29 is 9.59 Å². The van der Waals surface area contributed by atoms with Crippen molar-refractivity contribution in [1.82, 2.24) is 10.9 Å². The number of carbonyl (C=O) groups is 2. The number of nitrogens with one attached hydrogen (secondary N) is 2. The van der Waals surface area contributed by atoms with E-state index in [1.54, 1.807) is 0 Å². The van der Waals surface area contributed by atoms with Crippen molar-refractivity contribution in [2.24, 2.45) is 11.8 Å². The minimum Gasteiger partial charge on any atom is -0.273 e. The molecule has 1 heterocycles. The van der Waals surface area contributed by atoms with Crippen LogP contribution in [0.2, 0.25) is 0 Å². The summed E-state index contributed by atoms with van der Waals surface area (Å²) in [7, 11) is 0. The second kappa shape index (κ2) is 4.49. The first-order chi connectivity index (χ1) is 11.5. The molecule has 3 aliphatic carbocycles. The van der Waals surface area contributed by atoms with Gasteiger partial charge in [0.15, 0.2) is 0 Å². The number of alkyl halides is 2. The third-order valence-corrected chi connectivity index (χ3v) is 8.18. The molecule has 2 unspecified atom stereocenters. The van der Waals surface area contributed by atoms with Crippen LogP contribution < -0.4 is 10.9 Å². The Balaban J connectivity index is 1.97. The zero-order valence-electron chi connectivity index (χ0n) is 12.3. The maximum Gasteiger partial charge on any atom is 0.244 e. The zero-order valence-corrected chi connectivity index (χ0v) is 15.5. The molecule has 6 rings (SSSR count). The molecule has 120 valence electrons. The van der Waals surface area contributed by atoms with Crippen molar-refractivity contribution in [3.05, 3.63) is 70.8 Å². The lowest BCUT2D eigenvalue weighted by molar-refractivity contribution is -0.146. The molecule has 1 saturated heterocycles. The van der Waals surface area contributed by atoms with Crippen molar-refractivity contribution in [2.45, 2.75) is 8.65 Å². The second-order valence-electron chi connectivity index (χ2n) is 6.45. The van der Waals surface area contributed by atoms with E-state index in [2.05, 4.69) is 42.7 Å². The van der Waals surface area contributed by atoms with Crippen molar-refractivity contribution in [3.63, 3.8) is 0 Å². The number of amides is 2. The Morgan fingerprint density at radius 1 is 0.667 bits per heavy atom. The van der Waals surface area contributed by atoms with Crippen LogP contribution in [0.4, 0.5) is 0 Å². The zero-order chi connectivity index (χ0) is 16.7. The van der Waals surface area contributed by atoms with Gasteiger partial charge in [-0.1, -0.05) is 80.4 Å². The maximum absolute atomic E-state index is 12.8. The summed E-state index contributed by atoms with van der Waals surface area (Å²) >= 11 is 7.80. The molecule has 0 aromatic heterocycles. The van der Waals surface area contributed by atoms with Crippen LogP contribution in [0.3, 0.4) is 0 Å². The standard InChI is InChI=1S/C18H12Br2N2O2/c19-17-9-5-1-2-6-10(9)18(20,12-8-4-3-7-11(12)17)14-13(17)15(23)21-22-16(14)24/h1-8,13-14H,(H,21,23)(H,22,24). The van der Waals surface area contributed by atoms with Gasteiger partial charge >= 0.3 is 0 Å². The molecule has 2 atom stereocenters. The average Bonchev–Trinajstić information content (AvgIpc) is 2.61. The summed E-state index contributed by atoms with van der Waals surface area (Å²) in [6.45, 7) is 0. The molecule has 4 aliphatic rings. The summed E-state index contributed by atoms with van der Waals surface area (Å²) < 4.78 is -1.44. The van der Waals surface area contributed by atoms with Gasteiger partial charge in [-0.05, 0) is 22.3 Å². The normalized spacial score (nSPS) is 35.4. The number of rotatable bonds is 0. The third-order valence-electron chi connectivity index (χ3n) is 5.49. The molecule has 0 spiro atoms. The van der Waals surface area contributed by atoms with Crippen molar-refractivity contribution in [1.29, 1.82) is 0 Å². The Kier molecular flexibility index (Phi) is 2.74. The van der Waals surface area contributed by atoms with E-state index in [9.17, 15) is 9.59 Å². The number of hydrogen-bond donors (Lipinski definition) is 2. The predicted molar refractivity (Wildman–Crippen MR) is 95.6 cm³/mol. The van der Waals surface area contributed by atoms with Crippen LogP contribution in [0.5, 0.6) is 0 Å². The lowest BCUT2D eigenvalue weighted by atomic mass is 9.53. The minimum absolute atomic E-state index is 0.177. The highest BCUT2D eigenvalue weighted by molar-refractivity contribution is 9.10. The van der Waals surface area contributed by atoms with Crippen molar-refractivity contribution in [2.75, 3.05) is 0 Å². The molecule has 2 aromatic rings. The molecule has 4 nitrogen and oxygen atoms in total. The van der Waals surface area contributed by atoms with Gasteiger partial charge in [-0.3, -0.25) is 20.4 Å². The Morgan fingerprint density at radius 3 is 1.25 bits per heavy atom. The van der Waals surface area contributed by atoms with E-state index in [1.807, 2.05) is 48.5 Å². The van der Waals surface area contributed by atoms with Gasteiger partial charge in [-0.25, -0.2) is 0 Å². The molecule has 0 saturated carbocycles. The molecule has 2 amide bonds.